The van der Waals surface area contributed by atoms with Crippen LogP contribution in [0.15, 0.2) is 0 Å². The summed E-state index contributed by atoms with van der Waals surface area (Å²) in [6.07, 6.45) is 3.47. The summed E-state index contributed by atoms with van der Waals surface area (Å²) < 4.78 is 5.17. The van der Waals surface area contributed by atoms with Crippen LogP contribution in [0.4, 0.5) is 0 Å². The highest BCUT2D eigenvalue weighted by atomic mass is 16.5. The van der Waals surface area contributed by atoms with E-state index in [0.717, 1.165) is 26.1 Å². The highest BCUT2D eigenvalue weighted by Crippen LogP contribution is 2.13. The van der Waals surface area contributed by atoms with Crippen molar-refractivity contribution in [3.8, 4) is 0 Å². The molecule has 0 radical (unpaired) electrons. The topological polar surface area (TPSA) is 44.8 Å². The zero-order valence-electron chi connectivity index (χ0n) is 13.5. The first-order valence-electron chi connectivity index (χ1n) is 7.87. The highest BCUT2D eigenvalue weighted by Gasteiger charge is 2.26. The van der Waals surface area contributed by atoms with Gasteiger partial charge in [-0.25, -0.2) is 0 Å². The Hall–Kier alpha value is -0.650. The molecule has 20 heavy (non-hydrogen) atoms. The smallest absolute Gasteiger partial charge is 0.324 e. The molecule has 1 fully saturated rings. The van der Waals surface area contributed by atoms with Gasteiger partial charge in [-0.1, -0.05) is 6.92 Å². The largest absolute Gasteiger partial charge is 0.465 e. The minimum atomic E-state index is -0.216. The molecule has 1 N–H and O–H groups in total. The van der Waals surface area contributed by atoms with E-state index < -0.39 is 0 Å². The fourth-order valence-electron chi connectivity index (χ4n) is 2.72. The van der Waals surface area contributed by atoms with Gasteiger partial charge in [-0.3, -0.25) is 9.69 Å². The van der Waals surface area contributed by atoms with E-state index in [0.29, 0.717) is 12.6 Å². The summed E-state index contributed by atoms with van der Waals surface area (Å²) >= 11 is 0. The van der Waals surface area contributed by atoms with E-state index in [2.05, 4.69) is 36.1 Å². The van der Waals surface area contributed by atoms with Gasteiger partial charge in [-0.2, -0.15) is 0 Å². The first-order chi connectivity index (χ1) is 9.58. The Morgan fingerprint density at radius 1 is 1.50 bits per heavy atom. The monoisotopic (exact) mass is 285 g/mol. The molecule has 0 amide bonds. The number of carbonyl (C=O) groups excluding carboxylic acids is 1. The molecule has 0 bridgehead atoms. The molecule has 118 valence electrons. The third-order valence-electron chi connectivity index (χ3n) is 3.91. The number of piperidine rings is 1. The van der Waals surface area contributed by atoms with Crippen LogP contribution in [0.3, 0.4) is 0 Å². The zero-order valence-corrected chi connectivity index (χ0v) is 13.5. The van der Waals surface area contributed by atoms with Gasteiger partial charge in [0.2, 0.25) is 0 Å². The number of ether oxygens (including phenoxy) is 1. The lowest BCUT2D eigenvalue weighted by Gasteiger charge is -2.37. The maximum absolute atomic E-state index is 12.0. The lowest BCUT2D eigenvalue weighted by atomic mass is 10.0. The van der Waals surface area contributed by atoms with Gasteiger partial charge in [-0.15, -0.1) is 0 Å². The van der Waals surface area contributed by atoms with Crippen LogP contribution in [0.2, 0.25) is 0 Å². The Kier molecular flexibility index (Phi) is 8.11. The molecule has 1 aliphatic rings. The lowest BCUT2D eigenvalue weighted by molar-refractivity contribution is -0.146. The molecule has 0 spiro atoms. The average molecular weight is 285 g/mol. The van der Waals surface area contributed by atoms with Gasteiger partial charge in [0.25, 0.3) is 0 Å². The zero-order chi connectivity index (χ0) is 15.0. The molecule has 1 saturated heterocycles. The van der Waals surface area contributed by atoms with E-state index in [1.807, 2.05) is 6.92 Å². The minimum Gasteiger partial charge on any atom is -0.465 e. The highest BCUT2D eigenvalue weighted by molar-refractivity contribution is 5.76. The summed E-state index contributed by atoms with van der Waals surface area (Å²) in [6, 6.07) is 0.321. The number of nitrogens with one attached hydrogen (secondary N) is 1. The van der Waals surface area contributed by atoms with Crippen LogP contribution in [0.25, 0.3) is 0 Å². The molecule has 1 rings (SSSR count). The van der Waals surface area contributed by atoms with Crippen molar-refractivity contribution < 1.29 is 9.53 Å². The number of carbonyl (C=O) groups is 1. The van der Waals surface area contributed by atoms with Gasteiger partial charge in [0.05, 0.1) is 6.61 Å². The summed E-state index contributed by atoms with van der Waals surface area (Å²) in [4.78, 5) is 16.7. The van der Waals surface area contributed by atoms with Crippen LogP contribution in [0, 0.1) is 0 Å². The van der Waals surface area contributed by atoms with E-state index >= 15 is 0 Å². The van der Waals surface area contributed by atoms with Crippen LogP contribution >= 0.6 is 0 Å². The Balaban J connectivity index is 2.51. The van der Waals surface area contributed by atoms with Crippen LogP contribution < -0.4 is 5.32 Å². The number of likely N-dealkylation sites (tertiary alicyclic amines) is 1. The van der Waals surface area contributed by atoms with Gasteiger partial charge < -0.3 is 15.0 Å². The Morgan fingerprint density at radius 2 is 2.25 bits per heavy atom. The van der Waals surface area contributed by atoms with Crippen LogP contribution in [-0.2, 0) is 9.53 Å². The molecular formula is C15H31N3O2. The fourth-order valence-corrected chi connectivity index (χ4v) is 2.72. The molecule has 0 aromatic heterocycles. The summed E-state index contributed by atoms with van der Waals surface area (Å²) in [5.41, 5.74) is 0. The third kappa shape index (κ3) is 5.77. The molecule has 1 aliphatic heterocycles. The maximum atomic E-state index is 12.0. The van der Waals surface area contributed by atoms with E-state index in [1.54, 1.807) is 0 Å². The Bertz CT molecular complexity index is 286. The van der Waals surface area contributed by atoms with Crippen LogP contribution in [0.1, 0.15) is 33.1 Å². The molecule has 2 unspecified atom stereocenters. The molecule has 2 atom stereocenters. The Labute approximate surface area is 123 Å². The summed E-state index contributed by atoms with van der Waals surface area (Å²) in [7, 11) is 4.28. The van der Waals surface area contributed by atoms with Crippen LogP contribution in [-0.4, -0.2) is 74.7 Å². The molecule has 5 nitrogen and oxygen atoms in total. The molecule has 0 saturated carbocycles. The van der Waals surface area contributed by atoms with Gasteiger partial charge in [0.1, 0.15) is 6.04 Å². The van der Waals surface area contributed by atoms with Gasteiger partial charge in [0.15, 0.2) is 0 Å². The van der Waals surface area contributed by atoms with Gasteiger partial charge >= 0.3 is 5.97 Å². The van der Waals surface area contributed by atoms with Gasteiger partial charge in [0, 0.05) is 19.1 Å². The van der Waals surface area contributed by atoms with E-state index in [-0.39, 0.29) is 12.0 Å². The van der Waals surface area contributed by atoms with Crippen molar-refractivity contribution >= 4 is 5.97 Å². The lowest BCUT2D eigenvalue weighted by Crippen LogP contribution is -2.52. The Morgan fingerprint density at radius 3 is 2.85 bits per heavy atom. The SMILES string of the molecule is CCCNC(CN(C)C1CCCN(C)C1)C(=O)OCC. The van der Waals surface area contributed by atoms with Crippen LogP contribution in [0.5, 0.6) is 0 Å². The number of esters is 1. The van der Waals surface area contributed by atoms with E-state index in [9.17, 15) is 4.79 Å². The second kappa shape index (κ2) is 9.32. The molecule has 1 heterocycles. The normalized spacial score (nSPS) is 21.9. The quantitative estimate of drug-likeness (QED) is 0.673. The summed E-state index contributed by atoms with van der Waals surface area (Å²) in [5, 5.41) is 3.31. The summed E-state index contributed by atoms with van der Waals surface area (Å²) in [6.45, 7) is 8.24. The standard InChI is InChI=1S/C15H31N3O2/c1-5-9-16-14(15(19)20-6-2)12-18(4)13-8-7-10-17(3)11-13/h13-14,16H,5-12H2,1-4H3. The number of likely N-dealkylation sites (N-methyl/N-ethyl adjacent to an activating group) is 2. The third-order valence-corrected chi connectivity index (χ3v) is 3.91. The van der Waals surface area contributed by atoms with E-state index in [1.165, 1.54) is 19.4 Å². The van der Waals surface area contributed by atoms with Crippen molar-refractivity contribution in [1.82, 2.24) is 15.1 Å². The molecule has 0 aromatic carbocycles. The van der Waals surface area contributed by atoms with E-state index in [4.69, 9.17) is 4.74 Å². The minimum absolute atomic E-state index is 0.128. The molecule has 5 heteroatoms. The second-order valence-electron chi connectivity index (χ2n) is 5.76. The average Bonchev–Trinajstić information content (AvgIpc) is 2.43. The number of nitrogens with zero attached hydrogens (tertiary/aromatic N) is 2. The predicted octanol–water partition coefficient (Wildman–Crippen LogP) is 0.944. The fraction of sp³-hybridized carbons (Fsp3) is 0.933. The van der Waals surface area contributed by atoms with Crippen molar-refractivity contribution in [3.63, 3.8) is 0 Å². The van der Waals surface area contributed by atoms with Crippen molar-refractivity contribution in [2.24, 2.45) is 0 Å². The van der Waals surface area contributed by atoms with Crippen molar-refractivity contribution in [2.45, 2.75) is 45.2 Å². The molecule has 0 aliphatic carbocycles. The first kappa shape index (κ1) is 17.4. The van der Waals surface area contributed by atoms with Gasteiger partial charge in [-0.05, 0) is 53.4 Å². The number of hydrogen-bond donors (Lipinski definition) is 1. The first-order valence-corrected chi connectivity index (χ1v) is 7.87. The number of rotatable bonds is 8. The maximum Gasteiger partial charge on any atom is 0.324 e. The number of hydrogen-bond acceptors (Lipinski definition) is 5. The molecule has 0 aromatic rings. The molecular weight excluding hydrogens is 254 g/mol. The summed E-state index contributed by atoms with van der Waals surface area (Å²) in [5.74, 6) is -0.128. The van der Waals surface area contributed by atoms with Crippen molar-refractivity contribution in [2.75, 3.05) is 46.9 Å². The predicted molar refractivity (Wildman–Crippen MR) is 81.9 cm³/mol. The van der Waals surface area contributed by atoms with Crippen molar-refractivity contribution in [3.05, 3.63) is 0 Å². The second-order valence-corrected chi connectivity index (χ2v) is 5.76. The van der Waals surface area contributed by atoms with Crippen molar-refractivity contribution in [1.29, 1.82) is 0 Å².